The predicted molar refractivity (Wildman–Crippen MR) is 256 cm³/mol. The van der Waals surface area contributed by atoms with Gasteiger partial charge in [0.05, 0.1) is 39.3 Å². The molecule has 0 saturated carbocycles. The molecule has 0 bridgehead atoms. The van der Waals surface area contributed by atoms with Gasteiger partial charge in [0.2, 0.25) is 0 Å². The molecule has 0 N–H and O–H groups in total. The van der Waals surface area contributed by atoms with Crippen molar-refractivity contribution in [3.63, 3.8) is 0 Å². The summed E-state index contributed by atoms with van der Waals surface area (Å²) in [6.45, 7) is 10.8. The molecule has 4 aromatic rings. The van der Waals surface area contributed by atoms with Crippen molar-refractivity contribution in [2.75, 3.05) is 78.9 Å². The van der Waals surface area contributed by atoms with Gasteiger partial charge in [-0.1, -0.05) is 113 Å². The van der Waals surface area contributed by atoms with E-state index in [2.05, 4.69) is 23.6 Å². The van der Waals surface area contributed by atoms with Crippen molar-refractivity contribution < 1.29 is 42.9 Å². The fourth-order valence-electron chi connectivity index (χ4n) is 7.24. The third kappa shape index (κ3) is 21.9. The van der Waals surface area contributed by atoms with E-state index in [0.29, 0.717) is 61.4 Å². The molecule has 4 rings (SSSR count). The average molecular weight is 893 g/mol. The molecular formula is C54H72N2O9. The fraction of sp³-hybridized carbons (Fsp3) is 0.481. The molecule has 65 heavy (non-hydrogen) atoms. The van der Waals surface area contributed by atoms with Gasteiger partial charge in [-0.15, -0.1) is 0 Å². The van der Waals surface area contributed by atoms with Crippen molar-refractivity contribution >= 4 is 23.5 Å². The van der Waals surface area contributed by atoms with Crippen LogP contribution >= 0.6 is 0 Å². The zero-order chi connectivity index (χ0) is 46.2. The van der Waals surface area contributed by atoms with Gasteiger partial charge in [0.25, 0.3) is 0 Å². The monoisotopic (exact) mass is 893 g/mol. The Morgan fingerprint density at radius 2 is 0.754 bits per heavy atom. The molecule has 11 nitrogen and oxygen atoms in total. The Morgan fingerprint density at radius 1 is 0.385 bits per heavy atom. The molecule has 0 aliphatic heterocycles. The van der Waals surface area contributed by atoms with E-state index in [1.807, 2.05) is 84.9 Å². The molecule has 11 heteroatoms. The lowest BCUT2D eigenvalue weighted by molar-refractivity contribution is -0.147. The largest absolute Gasteiger partial charge is 0.494 e. The van der Waals surface area contributed by atoms with Gasteiger partial charge < -0.3 is 33.5 Å². The van der Waals surface area contributed by atoms with Gasteiger partial charge in [-0.25, -0.2) is 0 Å². The Labute approximate surface area is 387 Å². The van der Waals surface area contributed by atoms with Crippen LogP contribution in [0.25, 0.3) is 0 Å². The highest BCUT2D eigenvalue weighted by atomic mass is 16.6. The second-order valence-corrected chi connectivity index (χ2v) is 16.2. The lowest BCUT2D eigenvalue weighted by Crippen LogP contribution is -2.30. The van der Waals surface area contributed by atoms with E-state index in [4.69, 9.17) is 23.7 Å². The first kappa shape index (κ1) is 52.3. The van der Waals surface area contributed by atoms with Crippen molar-refractivity contribution in [2.24, 2.45) is 0 Å². The van der Waals surface area contributed by atoms with Crippen molar-refractivity contribution in [3.8, 4) is 11.5 Å². The lowest BCUT2D eigenvalue weighted by atomic mass is 10.0. The third-order valence-electron chi connectivity index (χ3n) is 11.0. The minimum absolute atomic E-state index is 0.0156. The van der Waals surface area contributed by atoms with Crippen LogP contribution in [0.15, 0.2) is 109 Å². The van der Waals surface area contributed by atoms with Crippen LogP contribution < -0.4 is 9.47 Å². The van der Waals surface area contributed by atoms with Crippen LogP contribution in [0.2, 0.25) is 0 Å². The first-order chi connectivity index (χ1) is 31.9. The zero-order valence-electron chi connectivity index (χ0n) is 38.9. The molecule has 0 aliphatic rings. The van der Waals surface area contributed by atoms with Gasteiger partial charge in [0.15, 0.2) is 11.6 Å². The maximum Gasteiger partial charge on any atom is 0.307 e. The van der Waals surface area contributed by atoms with Gasteiger partial charge in [0, 0.05) is 48.4 Å². The molecular weight excluding hydrogens is 821 g/mol. The summed E-state index contributed by atoms with van der Waals surface area (Å²) in [5.41, 5.74) is 2.56. The zero-order valence-corrected chi connectivity index (χ0v) is 38.9. The molecule has 0 radical (unpaired) electrons. The molecule has 0 aliphatic carbocycles. The van der Waals surface area contributed by atoms with Crippen molar-refractivity contribution in [2.45, 2.75) is 90.9 Å². The van der Waals surface area contributed by atoms with Gasteiger partial charge in [-0.3, -0.25) is 19.2 Å². The predicted octanol–water partition coefficient (Wildman–Crippen LogP) is 10.0. The molecule has 0 aromatic heterocycles. The Morgan fingerprint density at radius 3 is 1.14 bits per heavy atom. The standard InChI is InChI=1S/C54H72N2O9/c1-3-5-7-15-33-55(35-17-39-62-49-27-23-47(24-28-49)53(59)45-19-11-9-12-20-45)37-31-51(57)64-43-41-61-42-44-65-52(58)32-38-56(34-16-8-6-4-2)36-18-40-63-50-29-25-48(26-30-50)54(60)46-21-13-10-14-22-46/h9-14,19-30H,3-8,15-18,31-44H2,1-2H3. The van der Waals surface area contributed by atoms with Crippen LogP contribution in [0.5, 0.6) is 11.5 Å². The topological polar surface area (TPSA) is 121 Å². The molecule has 4 aromatic carbocycles. The summed E-state index contributed by atoms with van der Waals surface area (Å²) < 4.78 is 28.4. The Balaban J connectivity index is 1.05. The van der Waals surface area contributed by atoms with E-state index in [1.165, 1.54) is 12.8 Å². The van der Waals surface area contributed by atoms with Crippen LogP contribution in [0.3, 0.4) is 0 Å². The molecule has 0 fully saturated rings. The summed E-state index contributed by atoms with van der Waals surface area (Å²) in [5, 5.41) is 0. The molecule has 0 spiro atoms. The number of unbranched alkanes of at least 4 members (excludes halogenated alkanes) is 6. The molecule has 0 atom stereocenters. The summed E-state index contributed by atoms with van der Waals surface area (Å²) in [6.07, 6.45) is 11.3. The molecule has 0 unspecified atom stereocenters. The number of ether oxygens (including phenoxy) is 5. The number of esters is 2. The minimum atomic E-state index is -0.267. The van der Waals surface area contributed by atoms with Gasteiger partial charge >= 0.3 is 11.9 Å². The quantitative estimate of drug-likeness (QED) is 0.0247. The SMILES string of the molecule is CCCCCCN(CCCOc1ccc(C(=O)c2ccccc2)cc1)CCC(=O)OCCOCCOC(=O)CCN(CCCCCC)CCCOc1ccc(C(=O)c2ccccc2)cc1. The molecule has 352 valence electrons. The van der Waals surface area contributed by atoms with Crippen LogP contribution in [-0.2, 0) is 23.8 Å². The summed E-state index contributed by atoms with van der Waals surface area (Å²) in [6, 6.07) is 33.0. The highest BCUT2D eigenvalue weighted by Crippen LogP contribution is 2.18. The van der Waals surface area contributed by atoms with E-state index in [-0.39, 0.29) is 49.9 Å². The second kappa shape index (κ2) is 32.3. The van der Waals surface area contributed by atoms with Gasteiger partial charge in [0.1, 0.15) is 24.7 Å². The van der Waals surface area contributed by atoms with Gasteiger partial charge in [-0.05, 0) is 87.3 Å². The number of hydrogen-bond acceptors (Lipinski definition) is 11. The van der Waals surface area contributed by atoms with Crippen LogP contribution in [-0.4, -0.2) is 112 Å². The summed E-state index contributed by atoms with van der Waals surface area (Å²) >= 11 is 0. The first-order valence-electron chi connectivity index (χ1n) is 23.8. The number of benzene rings is 4. The van der Waals surface area contributed by atoms with E-state index in [9.17, 15) is 19.2 Å². The number of ketones is 2. The van der Waals surface area contributed by atoms with Gasteiger partial charge in [-0.2, -0.15) is 0 Å². The number of carbonyl (C=O) groups excluding carboxylic acids is 4. The fourth-order valence-corrected chi connectivity index (χ4v) is 7.24. The van der Waals surface area contributed by atoms with Crippen molar-refractivity contribution in [1.29, 1.82) is 0 Å². The van der Waals surface area contributed by atoms with E-state index in [1.54, 1.807) is 24.3 Å². The Kier molecular flexibility index (Phi) is 26.0. The third-order valence-corrected chi connectivity index (χ3v) is 11.0. The molecule has 0 heterocycles. The number of rotatable bonds is 36. The summed E-state index contributed by atoms with van der Waals surface area (Å²) in [7, 11) is 0. The van der Waals surface area contributed by atoms with Crippen molar-refractivity contribution in [1.82, 2.24) is 9.80 Å². The average Bonchev–Trinajstić information content (AvgIpc) is 3.34. The second-order valence-electron chi connectivity index (χ2n) is 16.2. The van der Waals surface area contributed by atoms with Crippen LogP contribution in [0, 0.1) is 0 Å². The molecule has 0 amide bonds. The van der Waals surface area contributed by atoms with E-state index in [0.717, 1.165) is 89.0 Å². The maximum atomic E-state index is 12.7. The molecule has 0 saturated heterocycles. The maximum absolute atomic E-state index is 12.7. The minimum Gasteiger partial charge on any atom is -0.494 e. The highest BCUT2D eigenvalue weighted by molar-refractivity contribution is 6.09. The Hall–Kier alpha value is -5.36. The Bertz CT molecular complexity index is 1770. The number of carbonyl (C=O) groups is 4. The highest BCUT2D eigenvalue weighted by Gasteiger charge is 2.13. The normalized spacial score (nSPS) is 11.1. The summed E-state index contributed by atoms with van der Waals surface area (Å²) in [5.74, 6) is 0.875. The first-order valence-corrected chi connectivity index (χ1v) is 23.8. The smallest absolute Gasteiger partial charge is 0.307 e. The van der Waals surface area contributed by atoms with Crippen LogP contribution in [0.4, 0.5) is 0 Å². The van der Waals surface area contributed by atoms with Crippen LogP contribution in [0.1, 0.15) is 123 Å². The van der Waals surface area contributed by atoms with E-state index < -0.39 is 0 Å². The van der Waals surface area contributed by atoms with Crippen molar-refractivity contribution in [3.05, 3.63) is 131 Å². The van der Waals surface area contributed by atoms with E-state index >= 15 is 0 Å². The number of nitrogens with zero attached hydrogens (tertiary/aromatic N) is 2. The number of hydrogen-bond donors (Lipinski definition) is 0. The summed E-state index contributed by atoms with van der Waals surface area (Å²) in [4.78, 5) is 55.2. The lowest BCUT2D eigenvalue weighted by Gasteiger charge is -2.22.